The van der Waals surface area contributed by atoms with E-state index in [-0.39, 0.29) is 23.2 Å². The molecule has 0 saturated carbocycles. The van der Waals surface area contributed by atoms with Gasteiger partial charge in [0, 0.05) is 36.2 Å². The number of sulfonamides is 1. The standard InChI is InChI=1S/C22H25BrN4O3S2.ClH/c1-25(2)13-14-27(22-24-19-10-7-17(23)15-20(19)31-22)21(28)16-5-8-18(9-6-16)32(29,30)26-11-3-4-12-26;/h5-10,15H,3-4,11-14H2,1-2H3;1H/p-1. The van der Waals surface area contributed by atoms with E-state index in [1.54, 1.807) is 17.0 Å². The lowest BCUT2D eigenvalue weighted by molar-refractivity contribution is -0.0000166. The van der Waals surface area contributed by atoms with Crippen LogP contribution in [0.25, 0.3) is 10.2 Å². The topological polar surface area (TPSA) is 73.8 Å². The maximum Gasteiger partial charge on any atom is 0.260 e. The molecule has 1 aliphatic rings. The van der Waals surface area contributed by atoms with Crippen molar-refractivity contribution in [3.05, 3.63) is 52.5 Å². The summed E-state index contributed by atoms with van der Waals surface area (Å²) < 4.78 is 29.0. The summed E-state index contributed by atoms with van der Waals surface area (Å²) in [6.07, 6.45) is 1.77. The number of fused-ring (bicyclic) bond motifs is 1. The van der Waals surface area contributed by atoms with Crippen molar-refractivity contribution in [1.82, 2.24) is 14.2 Å². The summed E-state index contributed by atoms with van der Waals surface area (Å²) in [6, 6.07) is 12.1. The number of carbonyl (C=O) groups is 1. The molecule has 2 aromatic carbocycles. The van der Waals surface area contributed by atoms with Crippen LogP contribution in [0.2, 0.25) is 0 Å². The fraction of sp³-hybridized carbons (Fsp3) is 0.364. The summed E-state index contributed by atoms with van der Waals surface area (Å²) in [5, 5.41) is 0.624. The van der Waals surface area contributed by atoms with Crippen molar-refractivity contribution in [3.63, 3.8) is 0 Å². The van der Waals surface area contributed by atoms with Crippen molar-refractivity contribution >= 4 is 58.5 Å². The van der Waals surface area contributed by atoms with Crippen LogP contribution < -0.4 is 17.3 Å². The molecule has 178 valence electrons. The zero-order valence-electron chi connectivity index (χ0n) is 18.4. The lowest BCUT2D eigenvalue weighted by atomic mass is 10.2. The SMILES string of the molecule is CN(C)CCN(C(=O)c1ccc(S(=O)(=O)N2CCCC2)cc1)c1nc2ccc(Br)cc2s1.[Cl-]. The number of aromatic nitrogens is 1. The first-order chi connectivity index (χ1) is 15.3. The number of hydrogen-bond acceptors (Lipinski definition) is 6. The molecule has 0 radical (unpaired) electrons. The van der Waals surface area contributed by atoms with E-state index in [9.17, 15) is 13.2 Å². The van der Waals surface area contributed by atoms with Gasteiger partial charge in [0.05, 0.1) is 15.1 Å². The van der Waals surface area contributed by atoms with Crippen LogP contribution in [-0.4, -0.2) is 68.8 Å². The van der Waals surface area contributed by atoms with Gasteiger partial charge in [-0.1, -0.05) is 27.3 Å². The fourth-order valence-electron chi connectivity index (χ4n) is 3.59. The highest BCUT2D eigenvalue weighted by atomic mass is 79.9. The van der Waals surface area contributed by atoms with Gasteiger partial charge in [0.2, 0.25) is 10.0 Å². The van der Waals surface area contributed by atoms with Gasteiger partial charge < -0.3 is 17.3 Å². The van der Waals surface area contributed by atoms with Gasteiger partial charge in [-0.25, -0.2) is 13.4 Å². The van der Waals surface area contributed by atoms with Crippen LogP contribution in [-0.2, 0) is 10.0 Å². The minimum absolute atomic E-state index is 0. The number of nitrogens with zero attached hydrogens (tertiary/aromatic N) is 4. The van der Waals surface area contributed by atoms with Crippen LogP contribution in [0, 0.1) is 0 Å². The number of halogens is 2. The van der Waals surface area contributed by atoms with Crippen LogP contribution in [0.15, 0.2) is 51.8 Å². The third kappa shape index (κ3) is 5.75. The Hall–Kier alpha value is -1.56. The Morgan fingerprint density at radius 2 is 1.76 bits per heavy atom. The second-order valence-electron chi connectivity index (χ2n) is 8.00. The van der Waals surface area contributed by atoms with Crippen LogP contribution >= 0.6 is 27.3 Å². The Morgan fingerprint density at radius 1 is 1.09 bits per heavy atom. The molecule has 33 heavy (non-hydrogen) atoms. The maximum atomic E-state index is 13.4. The lowest BCUT2D eigenvalue weighted by Crippen LogP contribution is -3.00. The van der Waals surface area contributed by atoms with Gasteiger partial charge in [0.25, 0.3) is 5.91 Å². The third-order valence-electron chi connectivity index (χ3n) is 5.39. The predicted octanol–water partition coefficient (Wildman–Crippen LogP) is 1.06. The first-order valence-electron chi connectivity index (χ1n) is 10.4. The molecule has 1 fully saturated rings. The van der Waals surface area contributed by atoms with Gasteiger partial charge in [0.1, 0.15) is 0 Å². The Bertz CT molecular complexity index is 1230. The van der Waals surface area contributed by atoms with Crippen LogP contribution in [0.5, 0.6) is 0 Å². The largest absolute Gasteiger partial charge is 1.00 e. The smallest absolute Gasteiger partial charge is 0.260 e. The predicted molar refractivity (Wildman–Crippen MR) is 132 cm³/mol. The second kappa shape index (κ2) is 10.8. The van der Waals surface area contributed by atoms with Crippen molar-refractivity contribution in [2.45, 2.75) is 17.7 Å². The van der Waals surface area contributed by atoms with Gasteiger partial charge in [0.15, 0.2) is 5.13 Å². The molecule has 0 atom stereocenters. The first kappa shape index (κ1) is 26.1. The molecule has 0 spiro atoms. The molecular formula is C22H25BrClN4O3S2-. The normalized spacial score (nSPS) is 14.5. The summed E-state index contributed by atoms with van der Waals surface area (Å²) in [5.41, 5.74) is 1.27. The molecule has 2 heterocycles. The minimum Gasteiger partial charge on any atom is -1.00 e. The van der Waals surface area contributed by atoms with E-state index in [1.165, 1.54) is 27.8 Å². The van der Waals surface area contributed by atoms with Gasteiger partial charge in [-0.05, 0) is 69.4 Å². The molecule has 7 nitrogen and oxygen atoms in total. The number of likely N-dealkylation sites (N-methyl/N-ethyl adjacent to an activating group) is 1. The summed E-state index contributed by atoms with van der Waals surface area (Å²) in [4.78, 5) is 22.0. The van der Waals surface area contributed by atoms with Crippen molar-refractivity contribution in [2.24, 2.45) is 0 Å². The molecule has 3 aromatic rings. The molecular weight excluding hydrogens is 548 g/mol. The van der Waals surface area contributed by atoms with Gasteiger partial charge in [-0.2, -0.15) is 4.31 Å². The van der Waals surface area contributed by atoms with Crippen LogP contribution in [0.1, 0.15) is 23.2 Å². The van der Waals surface area contributed by atoms with E-state index in [2.05, 4.69) is 20.9 Å². The molecule has 0 bridgehead atoms. The highest BCUT2D eigenvalue weighted by molar-refractivity contribution is 9.10. The number of rotatable bonds is 7. The first-order valence-corrected chi connectivity index (χ1v) is 13.4. The molecule has 0 unspecified atom stereocenters. The maximum absolute atomic E-state index is 13.4. The average Bonchev–Trinajstić information content (AvgIpc) is 3.44. The third-order valence-corrected chi connectivity index (χ3v) is 8.84. The summed E-state index contributed by atoms with van der Waals surface area (Å²) in [7, 11) is 0.400. The molecule has 1 saturated heterocycles. The monoisotopic (exact) mass is 571 g/mol. The van der Waals surface area contributed by atoms with Crippen LogP contribution in [0.4, 0.5) is 5.13 Å². The van der Waals surface area contributed by atoms with E-state index in [0.717, 1.165) is 27.5 Å². The Labute approximate surface area is 213 Å². The molecule has 0 N–H and O–H groups in total. The molecule has 4 rings (SSSR count). The molecule has 11 heteroatoms. The van der Waals surface area contributed by atoms with Gasteiger partial charge >= 0.3 is 0 Å². The summed E-state index contributed by atoms with van der Waals surface area (Å²) >= 11 is 4.94. The van der Waals surface area contributed by atoms with E-state index >= 15 is 0 Å². The van der Waals surface area contributed by atoms with E-state index in [4.69, 9.17) is 0 Å². The number of thiazole rings is 1. The quantitative estimate of drug-likeness (QED) is 0.423. The van der Waals surface area contributed by atoms with E-state index in [0.29, 0.717) is 36.9 Å². The highest BCUT2D eigenvalue weighted by Crippen LogP contribution is 2.32. The molecule has 1 aromatic heterocycles. The number of benzene rings is 2. The zero-order valence-corrected chi connectivity index (χ0v) is 22.3. The van der Waals surface area contributed by atoms with Gasteiger partial charge in [-0.3, -0.25) is 9.69 Å². The van der Waals surface area contributed by atoms with Crippen LogP contribution in [0.3, 0.4) is 0 Å². The Kier molecular flexibility index (Phi) is 8.52. The number of hydrogen-bond donors (Lipinski definition) is 0. The number of amides is 1. The Morgan fingerprint density at radius 3 is 2.39 bits per heavy atom. The van der Waals surface area contributed by atoms with Crippen molar-refractivity contribution in [1.29, 1.82) is 0 Å². The minimum atomic E-state index is -3.51. The summed E-state index contributed by atoms with van der Waals surface area (Å²) in [5.74, 6) is -0.199. The van der Waals surface area contributed by atoms with Gasteiger partial charge in [-0.15, -0.1) is 0 Å². The zero-order chi connectivity index (χ0) is 22.9. The Balaban J connectivity index is 0.00000306. The fourth-order valence-corrected chi connectivity index (χ4v) is 6.65. The van der Waals surface area contributed by atoms with E-state index < -0.39 is 10.0 Å². The second-order valence-corrected chi connectivity index (χ2v) is 11.9. The molecule has 0 aliphatic carbocycles. The summed E-state index contributed by atoms with van der Waals surface area (Å²) in [6.45, 7) is 2.25. The van der Waals surface area contributed by atoms with Crippen molar-refractivity contribution in [2.75, 3.05) is 45.2 Å². The van der Waals surface area contributed by atoms with Crippen molar-refractivity contribution in [3.8, 4) is 0 Å². The number of anilines is 1. The lowest BCUT2D eigenvalue weighted by Gasteiger charge is -2.22. The molecule has 1 aliphatic heterocycles. The van der Waals surface area contributed by atoms with Crippen molar-refractivity contribution < 1.29 is 25.6 Å². The molecule has 1 amide bonds. The average molecular weight is 573 g/mol. The number of carbonyl (C=O) groups excluding carboxylic acids is 1. The van der Waals surface area contributed by atoms with E-state index in [1.807, 2.05) is 37.2 Å². The highest BCUT2D eigenvalue weighted by Gasteiger charge is 2.28.